The molecule has 100 valence electrons. The molecule has 2 atom stereocenters. The summed E-state index contributed by atoms with van der Waals surface area (Å²) >= 11 is 4.84. The fourth-order valence-electron chi connectivity index (χ4n) is 2.61. The molecule has 2 unspecified atom stereocenters. The van der Waals surface area contributed by atoms with Crippen molar-refractivity contribution in [2.45, 2.75) is 25.3 Å². The maximum atomic E-state index is 14.2. The summed E-state index contributed by atoms with van der Waals surface area (Å²) in [4.78, 5) is 2.08. The van der Waals surface area contributed by atoms with Crippen molar-refractivity contribution in [3.05, 3.63) is 11.5 Å². The standard InChI is InChI=1S/C12H18FN3OS/c13-10-7-9(11(8-18)15-14)1-2-12(10)16-3-5-17-6-4-16/h8-9,11,14H,1-7H2. The minimum Gasteiger partial charge on any atom is -0.378 e. The van der Waals surface area contributed by atoms with Crippen molar-refractivity contribution in [2.75, 3.05) is 26.3 Å². The largest absolute Gasteiger partial charge is 0.378 e. The summed E-state index contributed by atoms with van der Waals surface area (Å²) in [5.74, 6) is -0.0107. The molecule has 0 amide bonds. The van der Waals surface area contributed by atoms with Gasteiger partial charge in [0.2, 0.25) is 0 Å². The molecule has 1 heterocycles. The van der Waals surface area contributed by atoms with E-state index in [-0.39, 0.29) is 17.8 Å². The van der Waals surface area contributed by atoms with Crippen LogP contribution >= 0.6 is 12.2 Å². The first-order valence-electron chi connectivity index (χ1n) is 6.28. The third kappa shape index (κ3) is 2.92. The molecule has 1 N–H and O–H groups in total. The highest BCUT2D eigenvalue weighted by molar-refractivity contribution is 7.79. The first-order valence-corrected chi connectivity index (χ1v) is 6.75. The number of nitrogens with one attached hydrogen (secondary N) is 1. The van der Waals surface area contributed by atoms with E-state index in [4.69, 9.17) is 22.5 Å². The average molecular weight is 271 g/mol. The van der Waals surface area contributed by atoms with Gasteiger partial charge in [0.15, 0.2) is 0 Å². The molecular formula is C12H18FN3OS. The topological polar surface area (TPSA) is 48.7 Å². The highest BCUT2D eigenvalue weighted by Crippen LogP contribution is 2.34. The average Bonchev–Trinajstić information content (AvgIpc) is 2.41. The van der Waals surface area contributed by atoms with Crippen molar-refractivity contribution in [3.8, 4) is 0 Å². The molecule has 2 aliphatic rings. The zero-order chi connectivity index (χ0) is 13.0. The van der Waals surface area contributed by atoms with Crippen molar-refractivity contribution in [2.24, 2.45) is 11.0 Å². The lowest BCUT2D eigenvalue weighted by Crippen LogP contribution is -2.37. The first-order chi connectivity index (χ1) is 8.76. The Morgan fingerprint density at radius 3 is 2.78 bits per heavy atom. The molecule has 4 nitrogen and oxygen atoms in total. The number of hydrogen-bond acceptors (Lipinski definition) is 5. The van der Waals surface area contributed by atoms with E-state index < -0.39 is 0 Å². The molecule has 0 bridgehead atoms. The van der Waals surface area contributed by atoms with E-state index in [1.54, 1.807) is 0 Å². The Morgan fingerprint density at radius 2 is 2.22 bits per heavy atom. The molecule has 1 saturated heterocycles. The normalized spacial score (nSPS) is 26.9. The third-order valence-corrected chi connectivity index (χ3v) is 3.95. The lowest BCUT2D eigenvalue weighted by Gasteiger charge is -2.35. The Morgan fingerprint density at radius 1 is 1.50 bits per heavy atom. The van der Waals surface area contributed by atoms with Crippen LogP contribution in [0.15, 0.2) is 16.6 Å². The SMILES string of the molecule is N=NC(C=S)C1CCC(N2CCOCC2)=C(F)C1. The number of ether oxygens (including phenoxy) is 1. The number of rotatable bonds is 4. The van der Waals surface area contributed by atoms with Gasteiger partial charge in [0.05, 0.1) is 13.2 Å². The van der Waals surface area contributed by atoms with Gasteiger partial charge in [-0.25, -0.2) is 9.92 Å². The van der Waals surface area contributed by atoms with Gasteiger partial charge in [-0.2, -0.15) is 5.11 Å². The van der Waals surface area contributed by atoms with Crippen LogP contribution in [0.25, 0.3) is 0 Å². The molecule has 0 radical (unpaired) electrons. The second kappa shape index (κ2) is 6.33. The Bertz CT molecular complexity index is 347. The van der Waals surface area contributed by atoms with Crippen molar-refractivity contribution >= 4 is 17.6 Å². The van der Waals surface area contributed by atoms with Crippen LogP contribution in [0.2, 0.25) is 0 Å². The maximum absolute atomic E-state index is 14.2. The highest BCUT2D eigenvalue weighted by Gasteiger charge is 2.29. The van der Waals surface area contributed by atoms with E-state index in [9.17, 15) is 4.39 Å². The fourth-order valence-corrected chi connectivity index (χ4v) is 2.89. The second-order valence-electron chi connectivity index (χ2n) is 4.71. The van der Waals surface area contributed by atoms with Crippen molar-refractivity contribution in [1.82, 2.24) is 4.90 Å². The van der Waals surface area contributed by atoms with Gasteiger partial charge in [-0.1, -0.05) is 12.2 Å². The molecule has 0 saturated carbocycles. The molecule has 0 aromatic rings. The van der Waals surface area contributed by atoms with Gasteiger partial charge in [0.25, 0.3) is 0 Å². The summed E-state index contributed by atoms with van der Waals surface area (Å²) in [7, 11) is 0. The van der Waals surface area contributed by atoms with E-state index in [0.29, 0.717) is 26.1 Å². The first kappa shape index (κ1) is 13.5. The van der Waals surface area contributed by atoms with Crippen LogP contribution in [-0.4, -0.2) is 42.6 Å². The van der Waals surface area contributed by atoms with E-state index >= 15 is 0 Å². The quantitative estimate of drug-likeness (QED) is 0.632. The molecule has 2 rings (SSSR count). The smallest absolute Gasteiger partial charge is 0.119 e. The van der Waals surface area contributed by atoms with Crippen molar-refractivity contribution in [3.63, 3.8) is 0 Å². The van der Waals surface area contributed by atoms with E-state index in [1.807, 2.05) is 0 Å². The van der Waals surface area contributed by atoms with Gasteiger partial charge in [-0.15, -0.1) is 0 Å². The summed E-state index contributed by atoms with van der Waals surface area (Å²) < 4.78 is 19.4. The Kier molecular flexibility index (Phi) is 4.77. The Hall–Kier alpha value is -0.880. The van der Waals surface area contributed by atoms with Gasteiger partial charge < -0.3 is 9.64 Å². The van der Waals surface area contributed by atoms with Crippen LogP contribution in [-0.2, 0) is 4.74 Å². The van der Waals surface area contributed by atoms with Crippen LogP contribution < -0.4 is 0 Å². The number of hydrogen-bond donors (Lipinski definition) is 1. The minimum atomic E-state index is -0.322. The number of morpholine rings is 1. The number of allylic oxidation sites excluding steroid dienone is 2. The predicted octanol–water partition coefficient (Wildman–Crippen LogP) is 2.70. The summed E-state index contributed by atoms with van der Waals surface area (Å²) in [6.07, 6.45) is 1.92. The maximum Gasteiger partial charge on any atom is 0.119 e. The molecule has 18 heavy (non-hydrogen) atoms. The molecular weight excluding hydrogens is 253 g/mol. The molecule has 0 aromatic heterocycles. The van der Waals surface area contributed by atoms with Crippen LogP contribution in [0.1, 0.15) is 19.3 Å². The number of halogens is 1. The lowest BCUT2D eigenvalue weighted by molar-refractivity contribution is 0.0485. The molecule has 1 aliphatic carbocycles. The van der Waals surface area contributed by atoms with Crippen LogP contribution in [0, 0.1) is 11.4 Å². The molecule has 6 heteroatoms. The van der Waals surface area contributed by atoms with E-state index in [0.717, 1.165) is 25.2 Å². The van der Waals surface area contributed by atoms with Gasteiger partial charge >= 0.3 is 0 Å². The summed E-state index contributed by atoms with van der Waals surface area (Å²) in [6, 6.07) is -0.322. The summed E-state index contributed by atoms with van der Waals surface area (Å²) in [5.41, 5.74) is 7.89. The monoisotopic (exact) mass is 271 g/mol. The van der Waals surface area contributed by atoms with Gasteiger partial charge in [0.1, 0.15) is 11.9 Å². The third-order valence-electron chi connectivity index (χ3n) is 3.67. The molecule has 0 spiro atoms. The lowest BCUT2D eigenvalue weighted by atomic mass is 9.86. The Balaban J connectivity index is 2.03. The number of thiocarbonyl (C=S) groups is 1. The summed E-state index contributed by atoms with van der Waals surface area (Å²) in [5, 5.41) is 4.95. The van der Waals surface area contributed by atoms with Gasteiger partial charge in [-0.3, -0.25) is 0 Å². The second-order valence-corrected chi connectivity index (χ2v) is 4.98. The summed E-state index contributed by atoms with van der Waals surface area (Å²) in [6.45, 7) is 2.88. The fraction of sp³-hybridized carbons (Fsp3) is 0.750. The predicted molar refractivity (Wildman–Crippen MR) is 70.5 cm³/mol. The zero-order valence-corrected chi connectivity index (χ0v) is 11.1. The van der Waals surface area contributed by atoms with Crippen LogP contribution in [0.4, 0.5) is 4.39 Å². The Labute approximate surface area is 112 Å². The van der Waals surface area contributed by atoms with E-state index in [1.165, 1.54) is 5.37 Å². The molecule has 1 aliphatic heterocycles. The minimum absolute atomic E-state index is 0.0461. The van der Waals surface area contributed by atoms with Crippen molar-refractivity contribution in [1.29, 1.82) is 5.53 Å². The van der Waals surface area contributed by atoms with E-state index in [2.05, 4.69) is 10.0 Å². The van der Waals surface area contributed by atoms with Crippen LogP contribution in [0.3, 0.4) is 0 Å². The van der Waals surface area contributed by atoms with Crippen molar-refractivity contribution < 1.29 is 9.13 Å². The zero-order valence-electron chi connectivity index (χ0n) is 10.3. The molecule has 1 fully saturated rings. The van der Waals surface area contributed by atoms with Gasteiger partial charge in [-0.05, 0) is 18.8 Å². The van der Waals surface area contributed by atoms with Crippen LogP contribution in [0.5, 0.6) is 0 Å². The molecule has 0 aromatic carbocycles. The highest BCUT2D eigenvalue weighted by atomic mass is 32.1. The van der Waals surface area contributed by atoms with Gasteiger partial charge in [0, 0.05) is 30.6 Å². The number of nitrogens with zero attached hydrogens (tertiary/aromatic N) is 2.